The molecular formula is C16H22N2O3. The average Bonchev–Trinajstić information content (AvgIpc) is 3.00. The second-order valence-electron chi connectivity index (χ2n) is 5.46. The lowest BCUT2D eigenvalue weighted by Gasteiger charge is -2.26. The molecule has 0 aliphatic heterocycles. The largest absolute Gasteiger partial charge is 0.497 e. The molecule has 2 rings (SSSR count). The number of rotatable bonds is 7. The summed E-state index contributed by atoms with van der Waals surface area (Å²) in [5.74, 6) is 0.255. The minimum absolute atomic E-state index is 0.0120. The Hall–Kier alpha value is -1.88. The first kappa shape index (κ1) is 15.5. The van der Waals surface area contributed by atoms with E-state index in [1.54, 1.807) is 31.4 Å². The highest BCUT2D eigenvalue weighted by atomic mass is 16.5. The third-order valence-corrected chi connectivity index (χ3v) is 3.94. The smallest absolute Gasteiger partial charge is 0.231 e. The Bertz CT molecular complexity index is 510. The number of methoxy groups -OCH3 is 1. The van der Waals surface area contributed by atoms with Crippen LogP contribution in [0.1, 0.15) is 36.0 Å². The van der Waals surface area contributed by atoms with Gasteiger partial charge in [0, 0.05) is 11.6 Å². The number of hydrogen-bond donors (Lipinski definition) is 1. The molecule has 0 spiro atoms. The van der Waals surface area contributed by atoms with Crippen LogP contribution in [-0.2, 0) is 4.79 Å². The van der Waals surface area contributed by atoms with Crippen LogP contribution in [-0.4, -0.2) is 42.8 Å². The number of benzene rings is 1. The van der Waals surface area contributed by atoms with E-state index in [0.29, 0.717) is 11.3 Å². The summed E-state index contributed by atoms with van der Waals surface area (Å²) in [6.45, 7) is 0.362. The lowest BCUT2D eigenvalue weighted by atomic mass is 10.1. The number of nitrogens with two attached hydrogens (primary N) is 1. The SMILES string of the molecule is COc1cccc(C(=O)CN(CC(N)=O)C2CCCC2)c1. The quantitative estimate of drug-likeness (QED) is 0.774. The molecule has 1 aliphatic carbocycles. The van der Waals surface area contributed by atoms with Gasteiger partial charge < -0.3 is 10.5 Å². The predicted molar refractivity (Wildman–Crippen MR) is 80.3 cm³/mol. The Morgan fingerprint density at radius 1 is 1.29 bits per heavy atom. The van der Waals surface area contributed by atoms with E-state index < -0.39 is 0 Å². The predicted octanol–water partition coefficient (Wildman–Crippen LogP) is 1.61. The van der Waals surface area contributed by atoms with Crippen LogP contribution in [0, 0.1) is 0 Å². The maximum atomic E-state index is 12.4. The van der Waals surface area contributed by atoms with Crippen molar-refractivity contribution >= 4 is 11.7 Å². The molecule has 0 bridgehead atoms. The molecule has 1 saturated carbocycles. The minimum atomic E-state index is -0.389. The van der Waals surface area contributed by atoms with Crippen LogP contribution >= 0.6 is 0 Å². The highest BCUT2D eigenvalue weighted by Gasteiger charge is 2.25. The summed E-state index contributed by atoms with van der Waals surface area (Å²) < 4.78 is 5.13. The molecule has 1 aromatic carbocycles. The van der Waals surface area contributed by atoms with Crippen molar-refractivity contribution in [1.82, 2.24) is 4.90 Å². The molecule has 21 heavy (non-hydrogen) atoms. The van der Waals surface area contributed by atoms with E-state index in [1.165, 1.54) is 0 Å². The maximum Gasteiger partial charge on any atom is 0.231 e. The molecule has 2 N–H and O–H groups in total. The van der Waals surface area contributed by atoms with Gasteiger partial charge >= 0.3 is 0 Å². The summed E-state index contributed by atoms with van der Waals surface area (Å²) in [4.78, 5) is 25.6. The van der Waals surface area contributed by atoms with E-state index in [2.05, 4.69) is 0 Å². The molecule has 1 aromatic rings. The van der Waals surface area contributed by atoms with Crippen LogP contribution in [0.3, 0.4) is 0 Å². The Balaban J connectivity index is 2.07. The fourth-order valence-corrected chi connectivity index (χ4v) is 2.86. The van der Waals surface area contributed by atoms with E-state index in [1.807, 2.05) is 4.90 Å². The number of primary amides is 1. The lowest BCUT2D eigenvalue weighted by molar-refractivity contribution is -0.119. The molecule has 114 valence electrons. The number of ether oxygens (including phenoxy) is 1. The van der Waals surface area contributed by atoms with Gasteiger partial charge in [-0.2, -0.15) is 0 Å². The molecule has 0 heterocycles. The Labute approximate surface area is 125 Å². The van der Waals surface area contributed by atoms with Gasteiger partial charge in [0.2, 0.25) is 5.91 Å². The van der Waals surface area contributed by atoms with Crippen LogP contribution in [0.25, 0.3) is 0 Å². The van der Waals surface area contributed by atoms with Crippen molar-refractivity contribution in [2.24, 2.45) is 5.73 Å². The zero-order chi connectivity index (χ0) is 15.2. The van der Waals surface area contributed by atoms with Crippen molar-refractivity contribution in [2.45, 2.75) is 31.7 Å². The normalized spacial score (nSPS) is 15.3. The molecule has 0 unspecified atom stereocenters. The molecule has 5 heteroatoms. The fourth-order valence-electron chi connectivity index (χ4n) is 2.86. The topological polar surface area (TPSA) is 72.6 Å². The molecule has 5 nitrogen and oxygen atoms in total. The van der Waals surface area contributed by atoms with E-state index in [-0.39, 0.29) is 30.8 Å². The van der Waals surface area contributed by atoms with Crippen LogP contribution in [0.5, 0.6) is 5.75 Å². The Morgan fingerprint density at radius 2 is 2.00 bits per heavy atom. The van der Waals surface area contributed by atoms with Gasteiger partial charge in [-0.25, -0.2) is 0 Å². The summed E-state index contributed by atoms with van der Waals surface area (Å²) in [6, 6.07) is 7.36. The maximum absolute atomic E-state index is 12.4. The molecule has 0 atom stereocenters. The number of amides is 1. The Morgan fingerprint density at radius 3 is 2.62 bits per heavy atom. The number of ketones is 1. The third kappa shape index (κ3) is 4.29. The summed E-state index contributed by atoms with van der Waals surface area (Å²) in [7, 11) is 1.57. The standard InChI is InChI=1S/C16H22N2O3/c1-21-14-8-4-5-12(9-14)15(19)10-18(11-16(17)20)13-6-2-3-7-13/h4-5,8-9,13H,2-3,6-7,10-11H2,1H3,(H2,17,20). The first-order valence-corrected chi connectivity index (χ1v) is 7.29. The van der Waals surface area contributed by atoms with Gasteiger partial charge in [-0.1, -0.05) is 25.0 Å². The first-order valence-electron chi connectivity index (χ1n) is 7.29. The molecule has 1 amide bonds. The first-order chi connectivity index (χ1) is 10.1. The Kier molecular flexibility index (Phi) is 5.33. The van der Waals surface area contributed by atoms with Crippen molar-refractivity contribution in [3.63, 3.8) is 0 Å². The number of nitrogens with zero attached hydrogens (tertiary/aromatic N) is 1. The average molecular weight is 290 g/mol. The minimum Gasteiger partial charge on any atom is -0.497 e. The van der Waals surface area contributed by atoms with Crippen molar-refractivity contribution in [1.29, 1.82) is 0 Å². The summed E-state index contributed by atoms with van der Waals surface area (Å²) in [6.07, 6.45) is 4.35. The zero-order valence-electron chi connectivity index (χ0n) is 12.4. The highest BCUT2D eigenvalue weighted by Crippen LogP contribution is 2.23. The number of carbonyl (C=O) groups excluding carboxylic acids is 2. The molecule has 1 fully saturated rings. The zero-order valence-corrected chi connectivity index (χ0v) is 12.4. The van der Waals surface area contributed by atoms with Gasteiger partial charge in [-0.15, -0.1) is 0 Å². The van der Waals surface area contributed by atoms with Gasteiger partial charge in [-0.3, -0.25) is 14.5 Å². The molecule has 0 radical (unpaired) electrons. The van der Waals surface area contributed by atoms with Crippen molar-refractivity contribution in [2.75, 3.05) is 20.2 Å². The van der Waals surface area contributed by atoms with Gasteiger partial charge in [0.1, 0.15) is 5.75 Å². The van der Waals surface area contributed by atoms with E-state index in [4.69, 9.17) is 10.5 Å². The second kappa shape index (κ2) is 7.22. The van der Waals surface area contributed by atoms with Crippen molar-refractivity contribution < 1.29 is 14.3 Å². The van der Waals surface area contributed by atoms with E-state index >= 15 is 0 Å². The van der Waals surface area contributed by atoms with Crippen LogP contribution < -0.4 is 10.5 Å². The van der Waals surface area contributed by atoms with Crippen LogP contribution in [0.2, 0.25) is 0 Å². The number of hydrogen-bond acceptors (Lipinski definition) is 4. The van der Waals surface area contributed by atoms with Crippen molar-refractivity contribution in [3.8, 4) is 5.75 Å². The van der Waals surface area contributed by atoms with Gasteiger partial charge in [0.15, 0.2) is 5.78 Å². The van der Waals surface area contributed by atoms with Gasteiger partial charge in [0.25, 0.3) is 0 Å². The van der Waals surface area contributed by atoms with E-state index in [9.17, 15) is 9.59 Å². The third-order valence-electron chi connectivity index (χ3n) is 3.94. The lowest BCUT2D eigenvalue weighted by Crippen LogP contribution is -2.43. The van der Waals surface area contributed by atoms with E-state index in [0.717, 1.165) is 25.7 Å². The fraction of sp³-hybridized carbons (Fsp3) is 0.500. The molecule has 0 saturated heterocycles. The molecular weight excluding hydrogens is 268 g/mol. The van der Waals surface area contributed by atoms with Gasteiger partial charge in [0.05, 0.1) is 20.2 Å². The summed E-state index contributed by atoms with van der Waals surface area (Å²) >= 11 is 0. The second-order valence-corrected chi connectivity index (χ2v) is 5.46. The highest BCUT2D eigenvalue weighted by molar-refractivity contribution is 5.98. The molecule has 1 aliphatic rings. The summed E-state index contributed by atoms with van der Waals surface area (Å²) in [5, 5.41) is 0. The summed E-state index contributed by atoms with van der Waals surface area (Å²) in [5.41, 5.74) is 5.91. The molecule has 0 aromatic heterocycles. The number of Topliss-reactive ketones (excluding diaryl/α,β-unsaturated/α-hetero) is 1. The van der Waals surface area contributed by atoms with Crippen LogP contribution in [0.15, 0.2) is 24.3 Å². The number of carbonyl (C=O) groups is 2. The van der Waals surface area contributed by atoms with Crippen LogP contribution in [0.4, 0.5) is 0 Å². The monoisotopic (exact) mass is 290 g/mol. The van der Waals surface area contributed by atoms with Gasteiger partial charge in [-0.05, 0) is 25.0 Å². The van der Waals surface area contributed by atoms with Crippen molar-refractivity contribution in [3.05, 3.63) is 29.8 Å².